The fourth-order valence-electron chi connectivity index (χ4n) is 1.44. The van der Waals surface area contributed by atoms with Gasteiger partial charge in [0.1, 0.15) is 5.69 Å². The van der Waals surface area contributed by atoms with E-state index < -0.39 is 0 Å². The minimum Gasteiger partial charge on any atom is -0.310 e. The van der Waals surface area contributed by atoms with Crippen LogP contribution in [0.25, 0.3) is 11.5 Å². The van der Waals surface area contributed by atoms with Gasteiger partial charge in [0.05, 0.1) is 0 Å². The smallest absolute Gasteiger partial charge is 0.179 e. The Hall–Kier alpha value is -1.33. The van der Waals surface area contributed by atoms with E-state index in [1.807, 2.05) is 24.5 Å². The Balaban J connectivity index is 2.15. The fraction of sp³-hybridized carbons (Fsp3) is 0.308. The van der Waals surface area contributed by atoms with Crippen LogP contribution in [-0.4, -0.2) is 21.0 Å². The van der Waals surface area contributed by atoms with Crippen molar-refractivity contribution in [1.29, 1.82) is 0 Å². The van der Waals surface area contributed by atoms with Crippen molar-refractivity contribution in [2.75, 3.05) is 0 Å². The van der Waals surface area contributed by atoms with Gasteiger partial charge in [-0.05, 0) is 28.1 Å². The summed E-state index contributed by atoms with van der Waals surface area (Å²) in [6.45, 7) is 5.00. The van der Waals surface area contributed by atoms with E-state index in [2.05, 4.69) is 50.0 Å². The number of nitrogens with one attached hydrogen (secondary N) is 1. The molecule has 0 spiro atoms. The molecule has 0 bridgehead atoms. The summed E-state index contributed by atoms with van der Waals surface area (Å²) in [5.74, 6) is 0.635. The highest BCUT2D eigenvalue weighted by Gasteiger charge is 2.06. The van der Waals surface area contributed by atoms with Gasteiger partial charge in [0.25, 0.3) is 0 Å². The van der Waals surface area contributed by atoms with Crippen LogP contribution in [0.2, 0.25) is 0 Å². The SMILES string of the molecule is CC(C)NCc1cnc(-c2ncccc2Br)nc1. The van der Waals surface area contributed by atoms with E-state index in [-0.39, 0.29) is 0 Å². The maximum absolute atomic E-state index is 4.34. The number of rotatable bonds is 4. The van der Waals surface area contributed by atoms with Gasteiger partial charge in [0.2, 0.25) is 0 Å². The molecule has 0 aliphatic carbocycles. The van der Waals surface area contributed by atoms with Gasteiger partial charge in [-0.15, -0.1) is 0 Å². The van der Waals surface area contributed by atoms with Crippen molar-refractivity contribution in [2.45, 2.75) is 26.4 Å². The van der Waals surface area contributed by atoms with Crippen LogP contribution in [0.5, 0.6) is 0 Å². The molecule has 0 aromatic carbocycles. The van der Waals surface area contributed by atoms with E-state index in [1.54, 1.807) is 6.20 Å². The summed E-state index contributed by atoms with van der Waals surface area (Å²) in [5, 5.41) is 3.33. The van der Waals surface area contributed by atoms with Gasteiger partial charge in [-0.2, -0.15) is 0 Å². The number of halogens is 1. The molecule has 0 unspecified atom stereocenters. The lowest BCUT2D eigenvalue weighted by molar-refractivity contribution is 0.587. The van der Waals surface area contributed by atoms with Gasteiger partial charge < -0.3 is 5.32 Å². The molecule has 2 aromatic rings. The molecule has 4 nitrogen and oxygen atoms in total. The zero-order valence-electron chi connectivity index (χ0n) is 10.4. The van der Waals surface area contributed by atoms with Crippen molar-refractivity contribution in [3.63, 3.8) is 0 Å². The van der Waals surface area contributed by atoms with E-state index in [0.29, 0.717) is 11.9 Å². The van der Waals surface area contributed by atoms with Crippen LogP contribution in [0, 0.1) is 0 Å². The second kappa shape index (κ2) is 6.02. The summed E-state index contributed by atoms with van der Waals surface area (Å²) >= 11 is 3.45. The number of pyridine rings is 1. The van der Waals surface area contributed by atoms with Gasteiger partial charge in [-0.1, -0.05) is 13.8 Å². The van der Waals surface area contributed by atoms with E-state index >= 15 is 0 Å². The monoisotopic (exact) mass is 306 g/mol. The molecule has 0 fully saturated rings. The van der Waals surface area contributed by atoms with E-state index in [0.717, 1.165) is 22.3 Å². The normalized spacial score (nSPS) is 10.9. The van der Waals surface area contributed by atoms with Gasteiger partial charge in [-0.3, -0.25) is 4.98 Å². The van der Waals surface area contributed by atoms with Crippen LogP contribution < -0.4 is 5.32 Å². The fourth-order valence-corrected chi connectivity index (χ4v) is 1.87. The number of hydrogen-bond donors (Lipinski definition) is 1. The minimum absolute atomic E-state index is 0.453. The zero-order valence-corrected chi connectivity index (χ0v) is 12.0. The lowest BCUT2D eigenvalue weighted by Crippen LogP contribution is -2.22. The molecule has 2 heterocycles. The first kappa shape index (κ1) is 13.1. The van der Waals surface area contributed by atoms with Crippen LogP contribution in [0.1, 0.15) is 19.4 Å². The first-order valence-corrected chi connectivity index (χ1v) is 6.61. The van der Waals surface area contributed by atoms with Crippen LogP contribution in [-0.2, 0) is 6.54 Å². The Morgan fingerprint density at radius 3 is 2.56 bits per heavy atom. The topological polar surface area (TPSA) is 50.7 Å². The van der Waals surface area contributed by atoms with E-state index in [4.69, 9.17) is 0 Å². The van der Waals surface area contributed by atoms with Crippen molar-refractivity contribution in [3.8, 4) is 11.5 Å². The van der Waals surface area contributed by atoms with Gasteiger partial charge in [0.15, 0.2) is 5.82 Å². The Kier molecular flexibility index (Phi) is 4.38. The van der Waals surface area contributed by atoms with Crippen LogP contribution in [0.3, 0.4) is 0 Å². The maximum Gasteiger partial charge on any atom is 0.179 e. The molecule has 94 valence electrons. The van der Waals surface area contributed by atoms with Crippen molar-refractivity contribution in [3.05, 3.63) is 40.8 Å². The third-order valence-corrected chi connectivity index (χ3v) is 3.03. The van der Waals surface area contributed by atoms with Crippen molar-refractivity contribution < 1.29 is 0 Å². The standard InChI is InChI=1S/C13H15BrN4/c1-9(2)16-6-10-7-17-13(18-8-10)12-11(14)4-3-5-15-12/h3-5,7-9,16H,6H2,1-2H3. The highest BCUT2D eigenvalue weighted by Crippen LogP contribution is 2.21. The summed E-state index contributed by atoms with van der Waals surface area (Å²) in [5.41, 5.74) is 1.83. The predicted octanol–water partition coefficient (Wildman–Crippen LogP) is 2.80. The molecular formula is C13H15BrN4. The third-order valence-electron chi connectivity index (χ3n) is 2.39. The van der Waals surface area contributed by atoms with Crippen molar-refractivity contribution in [2.24, 2.45) is 0 Å². The van der Waals surface area contributed by atoms with Gasteiger partial charge in [-0.25, -0.2) is 9.97 Å². The molecule has 0 radical (unpaired) electrons. The molecule has 0 aliphatic heterocycles. The average Bonchev–Trinajstić information content (AvgIpc) is 2.38. The predicted molar refractivity (Wildman–Crippen MR) is 74.9 cm³/mol. The number of hydrogen-bond acceptors (Lipinski definition) is 4. The molecule has 18 heavy (non-hydrogen) atoms. The first-order valence-electron chi connectivity index (χ1n) is 5.82. The zero-order chi connectivity index (χ0) is 13.0. The second-order valence-electron chi connectivity index (χ2n) is 4.28. The quantitative estimate of drug-likeness (QED) is 0.943. The molecular weight excluding hydrogens is 292 g/mol. The van der Waals surface area contributed by atoms with Crippen LogP contribution >= 0.6 is 15.9 Å². The number of aromatic nitrogens is 3. The molecule has 5 heteroatoms. The first-order chi connectivity index (χ1) is 8.66. The molecule has 2 aromatic heterocycles. The maximum atomic E-state index is 4.34. The van der Waals surface area contributed by atoms with Crippen LogP contribution in [0.15, 0.2) is 35.2 Å². The Bertz CT molecular complexity index is 511. The average molecular weight is 307 g/mol. The third kappa shape index (κ3) is 3.34. The summed E-state index contributed by atoms with van der Waals surface area (Å²) in [6.07, 6.45) is 5.40. The molecule has 2 rings (SSSR count). The van der Waals surface area contributed by atoms with Crippen LogP contribution in [0.4, 0.5) is 0 Å². The highest BCUT2D eigenvalue weighted by atomic mass is 79.9. The second-order valence-corrected chi connectivity index (χ2v) is 5.14. The van der Waals surface area contributed by atoms with E-state index in [1.165, 1.54) is 0 Å². The van der Waals surface area contributed by atoms with Crippen molar-refractivity contribution >= 4 is 15.9 Å². The molecule has 0 saturated carbocycles. The summed E-state index contributed by atoms with van der Waals surface area (Å²) in [7, 11) is 0. The summed E-state index contributed by atoms with van der Waals surface area (Å²) in [4.78, 5) is 13.0. The van der Waals surface area contributed by atoms with Gasteiger partial charge in [0, 0.05) is 41.2 Å². The lowest BCUT2D eigenvalue weighted by Gasteiger charge is -2.07. The van der Waals surface area contributed by atoms with Crippen molar-refractivity contribution in [1.82, 2.24) is 20.3 Å². The molecule has 0 saturated heterocycles. The Morgan fingerprint density at radius 2 is 1.94 bits per heavy atom. The lowest BCUT2D eigenvalue weighted by atomic mass is 10.3. The molecule has 0 atom stereocenters. The number of nitrogens with zero attached hydrogens (tertiary/aromatic N) is 3. The molecule has 1 N–H and O–H groups in total. The molecule has 0 amide bonds. The van der Waals surface area contributed by atoms with E-state index in [9.17, 15) is 0 Å². The highest BCUT2D eigenvalue weighted by molar-refractivity contribution is 9.10. The summed E-state index contributed by atoms with van der Waals surface area (Å²) in [6, 6.07) is 4.25. The van der Waals surface area contributed by atoms with Gasteiger partial charge >= 0.3 is 0 Å². The Labute approximate surface area is 115 Å². The molecule has 0 aliphatic rings. The minimum atomic E-state index is 0.453. The summed E-state index contributed by atoms with van der Waals surface area (Å²) < 4.78 is 0.901. The largest absolute Gasteiger partial charge is 0.310 e. The Morgan fingerprint density at radius 1 is 1.22 bits per heavy atom.